The van der Waals surface area contributed by atoms with Gasteiger partial charge in [-0.1, -0.05) is 17.7 Å². The van der Waals surface area contributed by atoms with Crippen LogP contribution in [0.5, 0.6) is 0 Å². The molecule has 0 saturated heterocycles. The summed E-state index contributed by atoms with van der Waals surface area (Å²) in [6.45, 7) is 1.80. The summed E-state index contributed by atoms with van der Waals surface area (Å²) in [5.41, 5.74) is 13.6. The summed E-state index contributed by atoms with van der Waals surface area (Å²) in [5.74, 6) is 0.202. The Kier molecular flexibility index (Phi) is 4.79. The minimum Gasteiger partial charge on any atom is -0.386 e. The van der Waals surface area contributed by atoms with Crippen LogP contribution >= 0.6 is 11.6 Å². The summed E-state index contributed by atoms with van der Waals surface area (Å²) in [7, 11) is 0. The number of aryl methyl sites for hydroxylation is 1. The number of allylic oxidation sites excluding steroid dienone is 1. The number of aromatic nitrogens is 4. The van der Waals surface area contributed by atoms with Gasteiger partial charge in [0.2, 0.25) is 0 Å². The van der Waals surface area contributed by atoms with Crippen molar-refractivity contribution >= 4 is 45.2 Å². The van der Waals surface area contributed by atoms with Crippen molar-refractivity contribution in [2.24, 2.45) is 0 Å². The molecule has 2 atom stereocenters. The van der Waals surface area contributed by atoms with Crippen LogP contribution in [0.25, 0.3) is 21.9 Å². The van der Waals surface area contributed by atoms with Gasteiger partial charge in [-0.3, -0.25) is 0 Å². The first-order valence-corrected chi connectivity index (χ1v) is 10.7. The predicted octanol–water partition coefficient (Wildman–Crippen LogP) is 4.19. The Bertz CT molecular complexity index is 1400. The Morgan fingerprint density at radius 2 is 2.00 bits per heavy atom. The smallest absolute Gasteiger partial charge is 0.146 e. The monoisotopic (exact) mass is 452 g/mol. The Morgan fingerprint density at radius 3 is 2.81 bits per heavy atom. The number of fused-ring (bicyclic) bond motifs is 2. The van der Waals surface area contributed by atoms with Gasteiger partial charge >= 0.3 is 0 Å². The summed E-state index contributed by atoms with van der Waals surface area (Å²) >= 11 is 5.97. The summed E-state index contributed by atoms with van der Waals surface area (Å²) in [6.07, 6.45) is 7.05. The topological polar surface area (TPSA) is 116 Å². The van der Waals surface area contributed by atoms with Crippen LogP contribution in [0, 0.1) is 5.82 Å². The fraction of sp³-hybridized carbons (Fsp3) is 0.261. The highest BCUT2D eigenvalue weighted by atomic mass is 35.5. The zero-order valence-corrected chi connectivity index (χ0v) is 18.1. The first kappa shape index (κ1) is 20.7. The number of nitrogens with zero attached hydrogens (tertiary/aromatic N) is 4. The number of benzene rings is 1. The van der Waals surface area contributed by atoms with E-state index < -0.39 is 11.4 Å². The molecule has 5 N–H and O–H groups in total. The van der Waals surface area contributed by atoms with Gasteiger partial charge in [0, 0.05) is 18.0 Å². The molecule has 0 radical (unpaired) electrons. The largest absolute Gasteiger partial charge is 0.386 e. The molecule has 164 valence electrons. The van der Waals surface area contributed by atoms with Gasteiger partial charge in [0.25, 0.3) is 0 Å². The van der Waals surface area contributed by atoms with Crippen LogP contribution in [-0.2, 0) is 6.42 Å². The van der Waals surface area contributed by atoms with Crippen LogP contribution in [0.3, 0.4) is 0 Å². The first-order valence-electron chi connectivity index (χ1n) is 10.3. The number of aliphatic hydroxyl groups is 1. The van der Waals surface area contributed by atoms with E-state index in [9.17, 15) is 9.50 Å². The molecule has 0 unspecified atom stereocenters. The number of hydrogen-bond acceptors (Lipinski definition) is 6. The Labute approximate surface area is 188 Å². The van der Waals surface area contributed by atoms with Gasteiger partial charge in [-0.2, -0.15) is 0 Å². The normalized spacial score (nSPS) is 20.9. The molecule has 9 heteroatoms. The standard InChI is InChI=1S/C23H22ClFN6O/c1-23(32)10-14(31-5-4-15-20(26)28-11-29-22(15)31)8-13(23)3-2-12-6-18(25)16-9-17(24)21(27)30-19(16)7-12/h4-9,11,14,32H,2-3,10H2,1H3,(H2,27,30)(H2,26,28,29)/t14-,23+/m1/s1. The lowest BCUT2D eigenvalue weighted by atomic mass is 9.92. The number of rotatable bonds is 4. The molecule has 1 aliphatic rings. The summed E-state index contributed by atoms with van der Waals surface area (Å²) < 4.78 is 16.6. The number of halogens is 2. The zero-order chi connectivity index (χ0) is 22.6. The van der Waals surface area contributed by atoms with Crippen LogP contribution in [0.15, 0.2) is 48.4 Å². The molecule has 0 spiro atoms. The molecule has 0 amide bonds. The number of anilines is 2. The van der Waals surface area contributed by atoms with E-state index in [4.69, 9.17) is 23.1 Å². The second-order valence-corrected chi connectivity index (χ2v) is 8.86. The first-order chi connectivity index (χ1) is 15.2. The molecule has 7 nitrogen and oxygen atoms in total. The fourth-order valence-electron chi connectivity index (χ4n) is 4.50. The van der Waals surface area contributed by atoms with Crippen molar-refractivity contribution in [2.45, 2.75) is 37.8 Å². The predicted molar refractivity (Wildman–Crippen MR) is 124 cm³/mol. The van der Waals surface area contributed by atoms with E-state index in [0.29, 0.717) is 36.0 Å². The maximum absolute atomic E-state index is 14.6. The highest BCUT2D eigenvalue weighted by molar-refractivity contribution is 6.33. The molecule has 4 aromatic rings. The third-order valence-corrected chi connectivity index (χ3v) is 6.50. The van der Waals surface area contributed by atoms with Gasteiger partial charge in [-0.25, -0.2) is 19.3 Å². The van der Waals surface area contributed by atoms with Gasteiger partial charge in [0.05, 0.1) is 27.6 Å². The van der Waals surface area contributed by atoms with E-state index in [1.54, 1.807) is 6.92 Å². The molecule has 1 aliphatic carbocycles. The number of nitrogens with two attached hydrogens (primary N) is 2. The van der Waals surface area contributed by atoms with Crippen LogP contribution in [0.1, 0.15) is 31.4 Å². The van der Waals surface area contributed by atoms with Crippen molar-refractivity contribution in [1.82, 2.24) is 19.5 Å². The Hall–Kier alpha value is -3.23. The molecule has 0 aliphatic heterocycles. The van der Waals surface area contributed by atoms with E-state index >= 15 is 0 Å². The minimum absolute atomic E-state index is 0.0660. The van der Waals surface area contributed by atoms with Crippen molar-refractivity contribution in [1.29, 1.82) is 0 Å². The highest BCUT2D eigenvalue weighted by Crippen LogP contribution is 2.40. The Balaban J connectivity index is 1.42. The summed E-state index contributed by atoms with van der Waals surface area (Å²) in [6, 6.07) is 6.60. The summed E-state index contributed by atoms with van der Waals surface area (Å²) in [5, 5.41) is 12.4. The van der Waals surface area contributed by atoms with E-state index in [-0.39, 0.29) is 16.9 Å². The number of hydrogen-bond donors (Lipinski definition) is 3. The third kappa shape index (κ3) is 3.45. The molecule has 3 heterocycles. The maximum atomic E-state index is 14.6. The van der Waals surface area contributed by atoms with Gasteiger partial charge in [0.15, 0.2) is 0 Å². The van der Waals surface area contributed by atoms with E-state index in [1.165, 1.54) is 18.5 Å². The van der Waals surface area contributed by atoms with Gasteiger partial charge in [-0.05, 0) is 55.2 Å². The summed E-state index contributed by atoms with van der Waals surface area (Å²) in [4.78, 5) is 12.6. The lowest BCUT2D eigenvalue weighted by Crippen LogP contribution is -2.25. The molecular weight excluding hydrogens is 431 g/mol. The fourth-order valence-corrected chi connectivity index (χ4v) is 4.65. The van der Waals surface area contributed by atoms with Gasteiger partial charge < -0.3 is 21.1 Å². The van der Waals surface area contributed by atoms with Gasteiger partial charge in [-0.15, -0.1) is 0 Å². The minimum atomic E-state index is -0.981. The molecule has 32 heavy (non-hydrogen) atoms. The third-order valence-electron chi connectivity index (χ3n) is 6.20. The number of pyridine rings is 1. The molecular formula is C23H22ClFN6O. The second-order valence-electron chi connectivity index (χ2n) is 8.46. The van der Waals surface area contributed by atoms with Crippen LogP contribution in [0.4, 0.5) is 16.0 Å². The zero-order valence-electron chi connectivity index (χ0n) is 17.4. The van der Waals surface area contributed by atoms with Crippen LogP contribution in [-0.4, -0.2) is 30.2 Å². The average molecular weight is 453 g/mol. The average Bonchev–Trinajstić information content (AvgIpc) is 3.29. The maximum Gasteiger partial charge on any atom is 0.146 e. The SMILES string of the molecule is C[C@]1(O)C[C@H](n2ccc3c(N)ncnc32)C=C1CCc1cc(F)c2cc(Cl)c(N)nc2c1. The van der Waals surface area contributed by atoms with Crippen LogP contribution < -0.4 is 11.5 Å². The lowest BCUT2D eigenvalue weighted by Gasteiger charge is -2.22. The van der Waals surface area contributed by atoms with Crippen molar-refractivity contribution < 1.29 is 9.50 Å². The van der Waals surface area contributed by atoms with Gasteiger partial charge in [0.1, 0.15) is 29.4 Å². The number of nitrogen functional groups attached to an aromatic ring is 2. The van der Waals surface area contributed by atoms with E-state index in [1.807, 2.05) is 22.9 Å². The second kappa shape index (κ2) is 7.43. The molecule has 3 aromatic heterocycles. The molecule has 5 rings (SSSR count). The lowest BCUT2D eigenvalue weighted by molar-refractivity contribution is 0.0883. The molecule has 0 saturated carbocycles. The van der Waals surface area contributed by atoms with Crippen LogP contribution in [0.2, 0.25) is 5.02 Å². The Morgan fingerprint density at radius 1 is 1.19 bits per heavy atom. The molecule has 0 fully saturated rings. The van der Waals surface area contributed by atoms with Crippen molar-refractivity contribution in [3.05, 3.63) is 64.8 Å². The van der Waals surface area contributed by atoms with E-state index in [0.717, 1.165) is 22.2 Å². The van der Waals surface area contributed by atoms with Crippen molar-refractivity contribution in [2.75, 3.05) is 11.5 Å². The molecule has 0 bridgehead atoms. The van der Waals surface area contributed by atoms with Crippen molar-refractivity contribution in [3.8, 4) is 0 Å². The van der Waals surface area contributed by atoms with E-state index in [2.05, 4.69) is 21.0 Å². The highest BCUT2D eigenvalue weighted by Gasteiger charge is 2.36. The molecule has 1 aromatic carbocycles. The quantitative estimate of drug-likeness (QED) is 0.400. The van der Waals surface area contributed by atoms with Crippen molar-refractivity contribution in [3.63, 3.8) is 0 Å².